The van der Waals surface area contributed by atoms with E-state index in [2.05, 4.69) is 43.5 Å². The average Bonchev–Trinajstić information content (AvgIpc) is 3.42. The molecule has 3 atom stereocenters. The maximum Gasteiger partial charge on any atom is 0.472 e. The number of hydrogen-bond donors (Lipinski definition) is 3. The van der Waals surface area contributed by atoms with Gasteiger partial charge in [-0.1, -0.05) is 333 Å². The summed E-state index contributed by atoms with van der Waals surface area (Å²) in [6.07, 6.45) is 83.1. The first kappa shape index (κ1) is 78.7. The number of aliphatic hydroxyl groups is 1. The molecule has 9 heteroatoms. The van der Waals surface area contributed by atoms with E-state index in [1.165, 1.54) is 302 Å². The molecule has 0 aliphatic rings. The smallest absolute Gasteiger partial charge is 0.387 e. The lowest BCUT2D eigenvalue weighted by molar-refractivity contribution is -0.870. The number of quaternary nitrogens is 1. The highest BCUT2D eigenvalue weighted by Crippen LogP contribution is 2.43. The molecule has 0 heterocycles. The Morgan fingerprint density at radius 2 is 0.688 bits per heavy atom. The topological polar surface area (TPSA) is 105 Å². The third-order valence-corrected chi connectivity index (χ3v) is 17.3. The van der Waals surface area contributed by atoms with Crippen molar-refractivity contribution >= 4 is 13.7 Å². The van der Waals surface area contributed by atoms with Gasteiger partial charge in [-0.15, -0.1) is 0 Å². The first-order valence-electron chi connectivity index (χ1n) is 35.4. The Labute approximate surface area is 499 Å². The van der Waals surface area contributed by atoms with Crippen molar-refractivity contribution < 1.29 is 32.9 Å². The van der Waals surface area contributed by atoms with E-state index in [9.17, 15) is 19.4 Å². The zero-order valence-electron chi connectivity index (χ0n) is 54.3. The molecule has 8 nitrogen and oxygen atoms in total. The Balaban J connectivity index is 3.98. The fraction of sp³-hybridized carbons (Fsp3) is 0.901. The number of carbonyl (C=O) groups is 1. The first-order valence-corrected chi connectivity index (χ1v) is 36.9. The standard InChI is InChI=1S/C71H139N2O6P/c1-6-8-10-12-14-16-18-20-22-24-26-28-29-30-31-32-33-34-35-36-37-38-39-40-41-42-43-45-47-49-51-53-55-57-59-61-63-65-71(75)72-69(68-79-80(76,77)78-67-66-73(3,4)5)70(74)64-62-60-58-56-54-52-50-48-46-44-27-25-23-21-19-17-15-13-11-9-7-2/h24,26,54,56,62,64,69-70,74H,6-23,25,27-53,55,57-61,63,65-68H2,1-5H3,(H-,72,75,76,77)/p+1/b26-24-,56-54+,64-62+. The molecule has 0 bridgehead atoms. The molecular weight excluding hydrogens is 1010 g/mol. The predicted octanol–water partition coefficient (Wildman–Crippen LogP) is 22.4. The third kappa shape index (κ3) is 64.3. The van der Waals surface area contributed by atoms with E-state index in [4.69, 9.17) is 9.05 Å². The van der Waals surface area contributed by atoms with E-state index in [1.807, 2.05) is 27.2 Å². The van der Waals surface area contributed by atoms with Crippen LogP contribution in [0.1, 0.15) is 361 Å². The van der Waals surface area contributed by atoms with Crippen molar-refractivity contribution in [3.63, 3.8) is 0 Å². The lowest BCUT2D eigenvalue weighted by Crippen LogP contribution is -2.45. The lowest BCUT2D eigenvalue weighted by Gasteiger charge is -2.25. The zero-order valence-corrected chi connectivity index (χ0v) is 55.2. The highest BCUT2D eigenvalue weighted by molar-refractivity contribution is 7.47. The number of aliphatic hydroxyl groups excluding tert-OH is 1. The summed E-state index contributed by atoms with van der Waals surface area (Å²) in [5.41, 5.74) is 0. The molecule has 0 radical (unpaired) electrons. The molecule has 474 valence electrons. The van der Waals surface area contributed by atoms with Gasteiger partial charge < -0.3 is 19.8 Å². The minimum absolute atomic E-state index is 0.0583. The number of unbranched alkanes of at least 4 members (excludes halogenated alkanes) is 49. The highest BCUT2D eigenvalue weighted by atomic mass is 31.2. The molecule has 0 saturated heterocycles. The first-order chi connectivity index (χ1) is 39.0. The molecule has 0 rings (SSSR count). The van der Waals surface area contributed by atoms with Crippen LogP contribution in [-0.4, -0.2) is 73.4 Å². The Kier molecular flexibility index (Phi) is 61.3. The molecule has 0 aromatic heterocycles. The number of nitrogens with zero attached hydrogens (tertiary/aromatic N) is 1. The summed E-state index contributed by atoms with van der Waals surface area (Å²) in [7, 11) is 1.57. The Morgan fingerprint density at radius 1 is 0.412 bits per heavy atom. The highest BCUT2D eigenvalue weighted by Gasteiger charge is 2.28. The lowest BCUT2D eigenvalue weighted by atomic mass is 10.0. The predicted molar refractivity (Wildman–Crippen MR) is 351 cm³/mol. The second-order valence-corrected chi connectivity index (χ2v) is 27.1. The molecule has 80 heavy (non-hydrogen) atoms. The summed E-state index contributed by atoms with van der Waals surface area (Å²) in [5.74, 6) is -0.179. The molecule has 0 aromatic rings. The summed E-state index contributed by atoms with van der Waals surface area (Å²) >= 11 is 0. The SMILES string of the molecule is CCCCCCCCCC/C=C\CCCCCCCCCCCCCCCCCCCCCCCCCCCC(=O)NC(COP(=O)(O)OCC[N+](C)(C)C)C(O)/C=C/CC/C=C/CCCCCCCCCCCCCCCCC. The molecule has 0 aromatic carbocycles. The van der Waals surface area contributed by atoms with Crippen molar-refractivity contribution in [1.29, 1.82) is 0 Å². The molecule has 0 aliphatic heterocycles. The second-order valence-electron chi connectivity index (χ2n) is 25.6. The minimum Gasteiger partial charge on any atom is -0.387 e. The van der Waals surface area contributed by atoms with Crippen molar-refractivity contribution in [2.45, 2.75) is 373 Å². The van der Waals surface area contributed by atoms with Crippen LogP contribution in [0.15, 0.2) is 36.5 Å². The van der Waals surface area contributed by atoms with Crippen LogP contribution in [0.4, 0.5) is 0 Å². The van der Waals surface area contributed by atoms with Gasteiger partial charge in [0, 0.05) is 6.42 Å². The van der Waals surface area contributed by atoms with Crippen LogP contribution in [0, 0.1) is 0 Å². The average molecular weight is 1150 g/mol. The van der Waals surface area contributed by atoms with E-state index >= 15 is 0 Å². The number of hydrogen-bond acceptors (Lipinski definition) is 5. The van der Waals surface area contributed by atoms with E-state index in [-0.39, 0.29) is 19.1 Å². The normalized spacial score (nSPS) is 13.8. The number of rotatable bonds is 66. The van der Waals surface area contributed by atoms with Crippen molar-refractivity contribution in [2.24, 2.45) is 0 Å². The van der Waals surface area contributed by atoms with Gasteiger partial charge in [0.15, 0.2) is 0 Å². The molecular formula is C71H140N2O6P+. The van der Waals surface area contributed by atoms with Gasteiger partial charge in [-0.2, -0.15) is 0 Å². The largest absolute Gasteiger partial charge is 0.472 e. The summed E-state index contributed by atoms with van der Waals surface area (Å²) in [4.78, 5) is 23.4. The number of likely N-dealkylation sites (N-methyl/N-ethyl adjacent to an activating group) is 1. The van der Waals surface area contributed by atoms with Crippen molar-refractivity contribution in [2.75, 3.05) is 40.9 Å². The van der Waals surface area contributed by atoms with Gasteiger partial charge in [-0.3, -0.25) is 13.8 Å². The van der Waals surface area contributed by atoms with Crippen molar-refractivity contribution in [1.82, 2.24) is 5.32 Å². The Bertz CT molecular complexity index is 1400. The van der Waals surface area contributed by atoms with Gasteiger partial charge in [0.2, 0.25) is 5.91 Å². The van der Waals surface area contributed by atoms with Crippen LogP contribution in [0.5, 0.6) is 0 Å². The molecule has 0 aliphatic carbocycles. The number of phosphoric acid groups is 1. The van der Waals surface area contributed by atoms with Crippen molar-refractivity contribution in [3.05, 3.63) is 36.5 Å². The number of nitrogens with one attached hydrogen (secondary N) is 1. The summed E-state index contributed by atoms with van der Waals surface area (Å²) in [6, 6.07) is -0.862. The summed E-state index contributed by atoms with van der Waals surface area (Å²) in [5, 5.41) is 14.0. The van der Waals surface area contributed by atoms with Crippen molar-refractivity contribution in [3.8, 4) is 0 Å². The molecule has 0 saturated carbocycles. The summed E-state index contributed by atoms with van der Waals surface area (Å²) < 4.78 is 23.8. The molecule has 0 fully saturated rings. The quantitative estimate of drug-likeness (QED) is 0.0243. The number of allylic oxidation sites excluding steroid dienone is 5. The van der Waals surface area contributed by atoms with Gasteiger partial charge in [0.25, 0.3) is 0 Å². The van der Waals surface area contributed by atoms with Gasteiger partial charge in [-0.05, 0) is 57.8 Å². The Morgan fingerprint density at radius 3 is 1.00 bits per heavy atom. The molecule has 1 amide bonds. The van der Waals surface area contributed by atoms with Crippen LogP contribution < -0.4 is 5.32 Å². The van der Waals surface area contributed by atoms with Crippen LogP contribution >= 0.6 is 7.82 Å². The molecule has 3 unspecified atom stereocenters. The van der Waals surface area contributed by atoms with E-state index < -0.39 is 20.0 Å². The fourth-order valence-electron chi connectivity index (χ4n) is 10.8. The van der Waals surface area contributed by atoms with Crippen LogP contribution in [0.2, 0.25) is 0 Å². The number of phosphoric ester groups is 1. The minimum atomic E-state index is -4.36. The van der Waals surface area contributed by atoms with Crippen LogP contribution in [0.25, 0.3) is 0 Å². The van der Waals surface area contributed by atoms with E-state index in [0.717, 1.165) is 38.5 Å². The third-order valence-electron chi connectivity index (χ3n) is 16.3. The maximum absolute atomic E-state index is 13.0. The van der Waals surface area contributed by atoms with E-state index in [1.54, 1.807) is 6.08 Å². The second kappa shape index (κ2) is 62.3. The van der Waals surface area contributed by atoms with Gasteiger partial charge in [-0.25, -0.2) is 4.57 Å². The van der Waals surface area contributed by atoms with Crippen LogP contribution in [0.3, 0.4) is 0 Å². The van der Waals surface area contributed by atoms with Gasteiger partial charge in [0.1, 0.15) is 13.2 Å². The fourth-order valence-corrected chi connectivity index (χ4v) is 11.6. The van der Waals surface area contributed by atoms with Gasteiger partial charge in [0.05, 0.1) is 39.9 Å². The number of amides is 1. The maximum atomic E-state index is 13.0. The monoisotopic (exact) mass is 1150 g/mol. The Hall–Kier alpha value is -1.28. The van der Waals surface area contributed by atoms with E-state index in [0.29, 0.717) is 17.4 Å². The summed E-state index contributed by atoms with van der Waals surface area (Å²) in [6.45, 7) is 4.85. The number of carbonyl (C=O) groups excluding carboxylic acids is 1. The molecule has 3 N–H and O–H groups in total. The molecule has 0 spiro atoms. The zero-order chi connectivity index (χ0) is 58.4. The van der Waals surface area contributed by atoms with Gasteiger partial charge >= 0.3 is 7.82 Å². The van der Waals surface area contributed by atoms with Crippen LogP contribution in [-0.2, 0) is 18.4 Å².